The molecule has 3 atom stereocenters. The van der Waals surface area contributed by atoms with Crippen LogP contribution in [0.1, 0.15) is 122 Å². The third-order valence-electron chi connectivity index (χ3n) is 8.06. The predicted molar refractivity (Wildman–Crippen MR) is 151 cm³/mol. The van der Waals surface area contributed by atoms with Gasteiger partial charge in [-0.25, -0.2) is 4.98 Å². The summed E-state index contributed by atoms with van der Waals surface area (Å²) < 4.78 is 20.9. The summed E-state index contributed by atoms with van der Waals surface area (Å²) >= 11 is 0. The molecule has 8 nitrogen and oxygen atoms in total. The largest absolute Gasteiger partial charge is 0.464 e. The van der Waals surface area contributed by atoms with Gasteiger partial charge in [-0.3, -0.25) is 4.79 Å². The normalized spacial score (nSPS) is 20.9. The minimum absolute atomic E-state index is 0.0459. The molecule has 1 aliphatic carbocycles. The molecule has 0 unspecified atom stereocenters. The van der Waals surface area contributed by atoms with E-state index >= 15 is 0 Å². The third-order valence-corrected chi connectivity index (χ3v) is 8.06. The number of aliphatic hydroxyl groups is 1. The van der Waals surface area contributed by atoms with Crippen molar-refractivity contribution in [3.63, 3.8) is 0 Å². The van der Waals surface area contributed by atoms with Crippen molar-refractivity contribution in [2.45, 2.75) is 128 Å². The smallest absolute Gasteiger partial charge is 0.312 e. The molecule has 1 aliphatic rings. The number of esters is 1. The number of rotatable bonds is 18. The van der Waals surface area contributed by atoms with Gasteiger partial charge in [-0.1, -0.05) is 96.3 Å². The predicted octanol–water partition coefficient (Wildman–Crippen LogP) is 6.28. The Kier molecular flexibility index (Phi) is 12.4. The number of hydrogen-bond donors (Lipinski definition) is 2. The second kappa shape index (κ2) is 15.8. The number of unbranched alkanes of at least 4 members (excludes halogenated alkanes) is 13. The van der Waals surface area contributed by atoms with Gasteiger partial charge in [0, 0.05) is 12.5 Å². The standard InChI is InChI=1S/C30H46FN5O3/c1-3-5-6-7-8-9-10-11-12-13-14-15-16-17-18-25(38)39-21-30(4-2)20-23(19-24(30)37)36-22-33-26-27(32)34-29(31)35-28(26)36/h2,22-24,37H,3,5-21H2,1H3,(H2,32,34,35)/t23-,24-,30+/m0/s1. The topological polar surface area (TPSA) is 116 Å². The molecule has 3 N–H and O–H groups in total. The summed E-state index contributed by atoms with van der Waals surface area (Å²) in [5.41, 5.74) is 5.28. The minimum Gasteiger partial charge on any atom is -0.464 e. The van der Waals surface area contributed by atoms with Gasteiger partial charge in [-0.2, -0.15) is 14.4 Å². The number of terminal acetylenes is 1. The summed E-state index contributed by atoms with van der Waals surface area (Å²) in [7, 11) is 0. The number of aromatic nitrogens is 4. The Balaban J connectivity index is 1.31. The maximum atomic E-state index is 13.8. The monoisotopic (exact) mass is 543 g/mol. The van der Waals surface area contributed by atoms with Crippen LogP contribution in [0.25, 0.3) is 11.2 Å². The molecule has 216 valence electrons. The average Bonchev–Trinajstić information content (AvgIpc) is 3.48. The second-order valence-electron chi connectivity index (χ2n) is 11.1. The number of nitrogens with two attached hydrogens (primary N) is 1. The molecule has 1 fully saturated rings. The number of halogens is 1. The molecular formula is C30H46FN5O3. The first-order chi connectivity index (χ1) is 18.9. The molecule has 0 radical (unpaired) electrons. The van der Waals surface area contributed by atoms with E-state index in [4.69, 9.17) is 16.9 Å². The van der Waals surface area contributed by atoms with E-state index in [1.807, 2.05) is 0 Å². The molecule has 0 aliphatic heterocycles. The summed E-state index contributed by atoms with van der Waals surface area (Å²) in [6.45, 7) is 2.20. The van der Waals surface area contributed by atoms with Crippen LogP contribution in [-0.4, -0.2) is 43.3 Å². The Hall–Kier alpha value is -2.73. The van der Waals surface area contributed by atoms with Crippen LogP contribution < -0.4 is 5.73 Å². The number of ether oxygens (including phenoxy) is 1. The van der Waals surface area contributed by atoms with Crippen LogP contribution in [0.3, 0.4) is 0 Å². The molecule has 0 aromatic carbocycles. The molecule has 2 aromatic rings. The first-order valence-corrected chi connectivity index (χ1v) is 14.9. The van der Waals surface area contributed by atoms with Crippen molar-refractivity contribution in [2.24, 2.45) is 5.41 Å². The van der Waals surface area contributed by atoms with Crippen LogP contribution in [0.15, 0.2) is 6.33 Å². The number of imidazole rings is 1. The number of hydrogen-bond acceptors (Lipinski definition) is 7. The minimum atomic E-state index is -1.02. The van der Waals surface area contributed by atoms with Gasteiger partial charge in [0.15, 0.2) is 11.5 Å². The maximum Gasteiger partial charge on any atom is 0.312 e. The lowest BCUT2D eigenvalue weighted by Gasteiger charge is -2.26. The van der Waals surface area contributed by atoms with Crippen molar-refractivity contribution in [3.05, 3.63) is 12.4 Å². The van der Waals surface area contributed by atoms with Crippen LogP contribution in [0.2, 0.25) is 0 Å². The third kappa shape index (κ3) is 8.89. The van der Waals surface area contributed by atoms with Crippen LogP contribution >= 0.6 is 0 Å². The Morgan fingerprint density at radius 2 is 1.69 bits per heavy atom. The van der Waals surface area contributed by atoms with Crippen LogP contribution in [0.4, 0.5) is 10.2 Å². The molecule has 2 aromatic heterocycles. The Labute approximate surface area is 232 Å². The highest BCUT2D eigenvalue weighted by Gasteiger charge is 2.47. The van der Waals surface area contributed by atoms with Crippen molar-refractivity contribution in [3.8, 4) is 12.3 Å². The zero-order chi connectivity index (χ0) is 28.1. The van der Waals surface area contributed by atoms with Crippen molar-refractivity contribution < 1.29 is 19.0 Å². The highest BCUT2D eigenvalue weighted by atomic mass is 19.1. The van der Waals surface area contributed by atoms with E-state index < -0.39 is 17.6 Å². The number of carbonyl (C=O) groups excluding carboxylic acids is 1. The fraction of sp³-hybridized carbons (Fsp3) is 0.733. The molecule has 0 saturated heterocycles. The molecule has 1 saturated carbocycles. The van der Waals surface area contributed by atoms with Crippen LogP contribution in [0, 0.1) is 23.8 Å². The fourth-order valence-corrected chi connectivity index (χ4v) is 5.61. The average molecular weight is 544 g/mol. The van der Waals surface area contributed by atoms with Crippen LogP contribution in [0.5, 0.6) is 0 Å². The molecule has 2 heterocycles. The highest BCUT2D eigenvalue weighted by Crippen LogP contribution is 2.45. The number of fused-ring (bicyclic) bond motifs is 1. The van der Waals surface area contributed by atoms with Crippen molar-refractivity contribution in [1.29, 1.82) is 0 Å². The molecule has 0 spiro atoms. The number of aliphatic hydroxyl groups excluding tert-OH is 1. The molecule has 39 heavy (non-hydrogen) atoms. The molecule has 0 bridgehead atoms. The molecule has 9 heteroatoms. The number of anilines is 1. The van der Waals surface area contributed by atoms with E-state index in [0.717, 1.165) is 19.3 Å². The van der Waals surface area contributed by atoms with Gasteiger partial charge in [0.25, 0.3) is 0 Å². The van der Waals surface area contributed by atoms with Crippen molar-refractivity contribution >= 4 is 23.0 Å². The fourth-order valence-electron chi connectivity index (χ4n) is 5.61. The molecule has 3 rings (SSSR count). The molecule has 0 amide bonds. The first-order valence-electron chi connectivity index (χ1n) is 14.9. The number of carbonyl (C=O) groups is 1. The Morgan fingerprint density at radius 3 is 2.28 bits per heavy atom. The summed E-state index contributed by atoms with van der Waals surface area (Å²) in [5.74, 6) is 2.33. The number of nitrogen functional groups attached to an aromatic ring is 1. The van der Waals surface area contributed by atoms with Gasteiger partial charge in [-0.05, 0) is 19.3 Å². The van der Waals surface area contributed by atoms with E-state index in [-0.39, 0.29) is 30.1 Å². The Morgan fingerprint density at radius 1 is 1.10 bits per heavy atom. The lowest BCUT2D eigenvalue weighted by Crippen LogP contribution is -2.34. The lowest BCUT2D eigenvalue weighted by atomic mass is 9.86. The van der Waals surface area contributed by atoms with Crippen molar-refractivity contribution in [2.75, 3.05) is 12.3 Å². The highest BCUT2D eigenvalue weighted by molar-refractivity contribution is 5.81. The lowest BCUT2D eigenvalue weighted by molar-refractivity contribution is -0.147. The van der Waals surface area contributed by atoms with Gasteiger partial charge < -0.3 is 20.1 Å². The van der Waals surface area contributed by atoms with E-state index in [9.17, 15) is 14.3 Å². The first kappa shape index (κ1) is 30.8. The van der Waals surface area contributed by atoms with E-state index in [1.165, 1.54) is 77.0 Å². The van der Waals surface area contributed by atoms with Gasteiger partial charge in [0.1, 0.15) is 12.1 Å². The Bertz CT molecular complexity index is 1080. The SMILES string of the molecule is C#C[C@]1(COC(=O)CCCCCCCCCCCCCCCC)C[C@@H](n2cnc3c(N)nc(F)nc32)C[C@@H]1O. The van der Waals surface area contributed by atoms with E-state index in [2.05, 4.69) is 27.8 Å². The zero-order valence-corrected chi connectivity index (χ0v) is 23.5. The van der Waals surface area contributed by atoms with Gasteiger partial charge in [0.05, 0.1) is 17.8 Å². The summed E-state index contributed by atoms with van der Waals surface area (Å²) in [6.07, 6.45) is 24.1. The van der Waals surface area contributed by atoms with Gasteiger partial charge in [-0.15, -0.1) is 6.42 Å². The molecular weight excluding hydrogens is 497 g/mol. The van der Waals surface area contributed by atoms with Crippen molar-refractivity contribution in [1.82, 2.24) is 19.5 Å². The summed E-state index contributed by atoms with van der Waals surface area (Å²) in [4.78, 5) is 23.9. The second-order valence-corrected chi connectivity index (χ2v) is 11.1. The zero-order valence-electron chi connectivity index (χ0n) is 23.5. The van der Waals surface area contributed by atoms with E-state index in [0.29, 0.717) is 24.8 Å². The number of nitrogens with zero attached hydrogens (tertiary/aromatic N) is 4. The summed E-state index contributed by atoms with van der Waals surface area (Å²) in [6, 6.07) is -0.292. The van der Waals surface area contributed by atoms with Gasteiger partial charge in [0.2, 0.25) is 0 Å². The quantitative estimate of drug-likeness (QED) is 0.0984. The van der Waals surface area contributed by atoms with E-state index in [1.54, 1.807) is 4.57 Å². The van der Waals surface area contributed by atoms with Crippen LogP contribution in [-0.2, 0) is 9.53 Å². The van der Waals surface area contributed by atoms with Gasteiger partial charge >= 0.3 is 12.0 Å². The summed E-state index contributed by atoms with van der Waals surface area (Å²) in [5, 5.41) is 10.8. The maximum absolute atomic E-state index is 13.8.